The molecule has 0 unspecified atom stereocenters. The van der Waals surface area contributed by atoms with Crippen LogP contribution in [0.15, 0.2) is 48.5 Å². The van der Waals surface area contributed by atoms with Crippen molar-refractivity contribution in [1.29, 1.82) is 0 Å². The number of carbonyl (C=O) groups is 3. The Morgan fingerprint density at radius 3 is 2.03 bits per heavy atom. The van der Waals surface area contributed by atoms with Crippen molar-refractivity contribution in [3.05, 3.63) is 59.7 Å². The number of hydrogen-bond acceptors (Lipinski definition) is 5. The van der Waals surface area contributed by atoms with Gasteiger partial charge in [-0.3, -0.25) is 4.79 Å². The predicted octanol–water partition coefficient (Wildman–Crippen LogP) is 5.83. The zero-order chi connectivity index (χ0) is 28.6. The average Bonchev–Trinajstić information content (AvgIpc) is 2.92. The van der Waals surface area contributed by atoms with Gasteiger partial charge in [-0.1, -0.05) is 12.1 Å². The van der Waals surface area contributed by atoms with Gasteiger partial charge in [-0.2, -0.15) is 0 Å². The summed E-state index contributed by atoms with van der Waals surface area (Å²) in [5, 5.41) is 2.76. The number of esters is 1. The average molecular weight is 550 g/mol. The van der Waals surface area contributed by atoms with Crippen LogP contribution in [0.2, 0.25) is 0 Å². The molecule has 0 atom stereocenters. The van der Waals surface area contributed by atoms with Gasteiger partial charge in [0.2, 0.25) is 5.91 Å². The van der Waals surface area contributed by atoms with E-state index in [0.717, 1.165) is 17.7 Å². The zero-order valence-electron chi connectivity index (χ0n) is 22.3. The van der Waals surface area contributed by atoms with Crippen LogP contribution in [0.4, 0.5) is 23.7 Å². The fourth-order valence-electron chi connectivity index (χ4n) is 4.79. The van der Waals surface area contributed by atoms with Crippen molar-refractivity contribution in [3.8, 4) is 5.75 Å². The van der Waals surface area contributed by atoms with Crippen molar-refractivity contribution in [1.82, 2.24) is 9.80 Å². The standard InChI is InChI=1S/C28H34F3N3O5/c1-4-33(5-2)25(35)20-10-14-23(15-11-20)34(18-19-6-8-21(9-7-19)26(36)38-3)27(37)32-22-12-16-24(17-13-22)39-28(29,30)31/h6-9,12-13,16-17,20,23H,4-5,10-11,14-15,18H2,1-3H3,(H,32,37). The van der Waals surface area contributed by atoms with Crippen LogP contribution in [0, 0.1) is 5.92 Å². The molecule has 1 aliphatic rings. The lowest BCUT2D eigenvalue weighted by atomic mass is 9.84. The molecule has 0 radical (unpaired) electrons. The van der Waals surface area contributed by atoms with Gasteiger partial charge < -0.3 is 24.6 Å². The van der Waals surface area contributed by atoms with E-state index in [-0.39, 0.29) is 30.2 Å². The van der Waals surface area contributed by atoms with Gasteiger partial charge in [0.05, 0.1) is 12.7 Å². The van der Waals surface area contributed by atoms with Crippen LogP contribution >= 0.6 is 0 Å². The molecule has 39 heavy (non-hydrogen) atoms. The lowest BCUT2D eigenvalue weighted by Gasteiger charge is -2.37. The van der Waals surface area contributed by atoms with Gasteiger partial charge in [0, 0.05) is 37.3 Å². The Bertz CT molecular complexity index is 1110. The molecule has 1 saturated carbocycles. The smallest absolute Gasteiger partial charge is 0.465 e. The summed E-state index contributed by atoms with van der Waals surface area (Å²) in [5.41, 5.74) is 1.48. The third-order valence-corrected chi connectivity index (χ3v) is 6.89. The second-order valence-corrected chi connectivity index (χ2v) is 9.33. The zero-order valence-corrected chi connectivity index (χ0v) is 22.3. The molecular formula is C28H34F3N3O5. The number of methoxy groups -OCH3 is 1. The lowest BCUT2D eigenvalue weighted by Crippen LogP contribution is -2.46. The molecule has 0 aromatic heterocycles. The second kappa shape index (κ2) is 13.3. The molecule has 3 rings (SSSR count). The van der Waals surface area contributed by atoms with Crippen LogP contribution in [0.3, 0.4) is 0 Å². The molecule has 2 aromatic rings. The molecule has 0 bridgehead atoms. The Labute approximate surface area is 226 Å². The van der Waals surface area contributed by atoms with Gasteiger partial charge in [0.25, 0.3) is 0 Å². The highest BCUT2D eigenvalue weighted by molar-refractivity contribution is 5.90. The number of nitrogens with one attached hydrogen (secondary N) is 1. The molecule has 212 valence electrons. The van der Waals surface area contributed by atoms with Gasteiger partial charge in [0.1, 0.15) is 5.75 Å². The van der Waals surface area contributed by atoms with Gasteiger partial charge in [-0.25, -0.2) is 9.59 Å². The van der Waals surface area contributed by atoms with Crippen LogP contribution in [0.5, 0.6) is 5.75 Å². The SMILES string of the molecule is CCN(CC)C(=O)C1CCC(N(Cc2ccc(C(=O)OC)cc2)C(=O)Nc2ccc(OC(F)(F)F)cc2)CC1. The van der Waals surface area contributed by atoms with Gasteiger partial charge in [0.15, 0.2) is 0 Å². The number of alkyl halides is 3. The van der Waals surface area contributed by atoms with Gasteiger partial charge in [-0.05, 0) is 81.5 Å². The first-order valence-electron chi connectivity index (χ1n) is 12.9. The molecule has 3 amide bonds. The van der Waals surface area contributed by atoms with Crippen molar-refractivity contribution in [2.45, 2.75) is 58.5 Å². The summed E-state index contributed by atoms with van der Waals surface area (Å²) >= 11 is 0. The van der Waals surface area contributed by atoms with Crippen LogP contribution in [-0.2, 0) is 16.1 Å². The summed E-state index contributed by atoms with van der Waals surface area (Å²) in [4.78, 5) is 41.5. The largest absolute Gasteiger partial charge is 0.573 e. The van der Waals surface area contributed by atoms with E-state index in [9.17, 15) is 27.6 Å². The number of carbonyl (C=O) groups excluding carboxylic acids is 3. The first kappa shape index (κ1) is 29.8. The normalized spacial score (nSPS) is 17.2. The molecule has 1 fully saturated rings. The van der Waals surface area contributed by atoms with Crippen LogP contribution < -0.4 is 10.1 Å². The molecule has 0 spiro atoms. The van der Waals surface area contributed by atoms with Crippen LogP contribution in [0.1, 0.15) is 55.5 Å². The summed E-state index contributed by atoms with van der Waals surface area (Å²) in [6.45, 7) is 5.44. The molecule has 0 saturated heterocycles. The van der Waals surface area contributed by atoms with Crippen molar-refractivity contribution in [2.75, 3.05) is 25.5 Å². The van der Waals surface area contributed by atoms with Gasteiger partial charge in [-0.15, -0.1) is 13.2 Å². The Morgan fingerprint density at radius 2 is 1.51 bits per heavy atom. The summed E-state index contributed by atoms with van der Waals surface area (Å²) in [5.74, 6) is -0.815. The molecule has 8 nitrogen and oxygen atoms in total. The van der Waals surface area contributed by atoms with Crippen molar-refractivity contribution in [3.63, 3.8) is 0 Å². The minimum atomic E-state index is -4.81. The maximum Gasteiger partial charge on any atom is 0.573 e. The van der Waals surface area contributed by atoms with Gasteiger partial charge >= 0.3 is 18.4 Å². The van der Waals surface area contributed by atoms with Crippen molar-refractivity contribution in [2.24, 2.45) is 5.92 Å². The number of rotatable bonds is 9. The number of urea groups is 1. The van der Waals surface area contributed by atoms with E-state index in [1.54, 1.807) is 29.2 Å². The topological polar surface area (TPSA) is 88.2 Å². The Kier molecular flexibility index (Phi) is 10.2. The second-order valence-electron chi connectivity index (χ2n) is 9.33. The summed E-state index contributed by atoms with van der Waals surface area (Å²) < 4.78 is 46.1. The van der Waals surface area contributed by atoms with Crippen molar-refractivity contribution >= 4 is 23.6 Å². The van der Waals surface area contributed by atoms with Crippen molar-refractivity contribution < 1.29 is 37.0 Å². The maximum absolute atomic E-state index is 13.4. The highest BCUT2D eigenvalue weighted by Gasteiger charge is 2.33. The number of nitrogens with zero attached hydrogens (tertiary/aromatic N) is 2. The number of halogens is 3. The lowest BCUT2D eigenvalue weighted by molar-refractivity contribution is -0.274. The fourth-order valence-corrected chi connectivity index (χ4v) is 4.79. The minimum Gasteiger partial charge on any atom is -0.465 e. The van der Waals surface area contributed by atoms with Crippen LogP contribution in [-0.4, -0.2) is 60.3 Å². The third-order valence-electron chi connectivity index (χ3n) is 6.89. The quantitative estimate of drug-likeness (QED) is 0.398. The fraction of sp³-hybridized carbons (Fsp3) is 0.464. The number of anilines is 1. The molecule has 1 aliphatic carbocycles. The monoisotopic (exact) mass is 549 g/mol. The number of benzene rings is 2. The molecular weight excluding hydrogens is 515 g/mol. The van der Waals surface area contributed by atoms with E-state index in [1.807, 2.05) is 18.7 Å². The Hall–Kier alpha value is -3.76. The Morgan fingerprint density at radius 1 is 0.923 bits per heavy atom. The number of amides is 3. The van der Waals surface area contributed by atoms with E-state index in [4.69, 9.17) is 4.74 Å². The predicted molar refractivity (Wildman–Crippen MR) is 139 cm³/mol. The highest BCUT2D eigenvalue weighted by Crippen LogP contribution is 2.31. The summed E-state index contributed by atoms with van der Waals surface area (Å²) in [6, 6.07) is 11.1. The van der Waals surface area contributed by atoms with E-state index in [1.165, 1.54) is 19.2 Å². The van der Waals surface area contributed by atoms with E-state index in [0.29, 0.717) is 50.0 Å². The molecule has 0 heterocycles. The Balaban J connectivity index is 1.75. The van der Waals surface area contributed by atoms with E-state index >= 15 is 0 Å². The summed E-state index contributed by atoms with van der Waals surface area (Å²) in [6.07, 6.45) is -2.26. The molecule has 11 heteroatoms. The van der Waals surface area contributed by atoms with E-state index < -0.39 is 18.4 Å². The van der Waals surface area contributed by atoms with E-state index in [2.05, 4.69) is 10.1 Å². The first-order chi connectivity index (χ1) is 18.5. The summed E-state index contributed by atoms with van der Waals surface area (Å²) in [7, 11) is 1.30. The molecule has 0 aliphatic heterocycles. The number of ether oxygens (including phenoxy) is 2. The first-order valence-corrected chi connectivity index (χ1v) is 12.9. The maximum atomic E-state index is 13.4. The molecule has 2 aromatic carbocycles. The number of hydrogen-bond donors (Lipinski definition) is 1. The molecule has 1 N–H and O–H groups in total. The highest BCUT2D eigenvalue weighted by atomic mass is 19.4. The van der Waals surface area contributed by atoms with Crippen LogP contribution in [0.25, 0.3) is 0 Å². The third kappa shape index (κ3) is 8.36. The minimum absolute atomic E-state index is 0.0911.